The van der Waals surface area contributed by atoms with Crippen LogP contribution in [0.25, 0.3) is 16.9 Å². The highest BCUT2D eigenvalue weighted by molar-refractivity contribution is 6.04. The highest BCUT2D eigenvalue weighted by atomic mass is 16.3. The largest absolute Gasteiger partial charge is 0.386 e. The fraction of sp³-hybridized carbons (Fsp3) is 0.269. The summed E-state index contributed by atoms with van der Waals surface area (Å²) in [5.41, 5.74) is 4.91. The lowest BCUT2D eigenvalue weighted by molar-refractivity contribution is 0.0785. The number of nitrogens with zero attached hydrogens (tertiary/aromatic N) is 3. The molecule has 0 unspecified atom stereocenters. The van der Waals surface area contributed by atoms with E-state index in [1.165, 1.54) is 5.56 Å². The first-order valence-corrected chi connectivity index (χ1v) is 10.7. The zero-order valence-electron chi connectivity index (χ0n) is 19.0. The topological polar surface area (TPSA) is 79.5 Å². The Morgan fingerprint density at radius 1 is 1.03 bits per heavy atom. The van der Waals surface area contributed by atoms with Gasteiger partial charge in [0.2, 0.25) is 0 Å². The average Bonchev–Trinajstić information content (AvgIpc) is 3.12. The molecule has 0 fully saturated rings. The van der Waals surface area contributed by atoms with E-state index in [-0.39, 0.29) is 5.91 Å². The third-order valence-electron chi connectivity index (χ3n) is 5.52. The second-order valence-corrected chi connectivity index (χ2v) is 8.95. The second-order valence-electron chi connectivity index (χ2n) is 8.95. The monoisotopic (exact) mass is 428 g/mol. The molecule has 0 radical (unpaired) electrons. The summed E-state index contributed by atoms with van der Waals surface area (Å²) in [6.07, 6.45) is 0. The maximum absolute atomic E-state index is 12.8. The van der Waals surface area contributed by atoms with Crippen LogP contribution in [0.3, 0.4) is 0 Å². The zero-order valence-corrected chi connectivity index (χ0v) is 19.0. The number of benzene rings is 2. The molecule has 0 aliphatic rings. The Balaban J connectivity index is 1.68. The van der Waals surface area contributed by atoms with Gasteiger partial charge in [0, 0.05) is 23.3 Å². The van der Waals surface area contributed by atoms with Crippen molar-refractivity contribution in [3.63, 3.8) is 0 Å². The summed E-state index contributed by atoms with van der Waals surface area (Å²) in [7, 11) is 0. The van der Waals surface area contributed by atoms with Crippen molar-refractivity contribution in [3.8, 4) is 11.3 Å². The molecule has 4 aromatic rings. The van der Waals surface area contributed by atoms with Crippen LogP contribution < -0.4 is 5.32 Å². The summed E-state index contributed by atoms with van der Waals surface area (Å²) >= 11 is 0. The van der Waals surface area contributed by atoms with E-state index in [0.717, 1.165) is 22.5 Å². The van der Waals surface area contributed by atoms with Gasteiger partial charge in [-0.2, -0.15) is 5.10 Å². The first kappa shape index (κ1) is 21.7. The SMILES string of the molecule is Cc1cc2nc(NC(=O)c3ccc(C(C)(C)O)cc3)cc(-c3ccc(C(C)C)cc3)n2n1. The molecule has 1 amide bonds. The first-order chi connectivity index (χ1) is 15.1. The molecule has 0 bridgehead atoms. The molecule has 0 saturated carbocycles. The number of nitrogens with one attached hydrogen (secondary N) is 1. The third-order valence-corrected chi connectivity index (χ3v) is 5.52. The van der Waals surface area contributed by atoms with Crippen molar-refractivity contribution >= 4 is 17.4 Å². The Hall–Kier alpha value is -3.51. The van der Waals surface area contributed by atoms with Gasteiger partial charge in [0.05, 0.1) is 17.0 Å². The number of aromatic nitrogens is 3. The van der Waals surface area contributed by atoms with Gasteiger partial charge in [0.25, 0.3) is 5.91 Å². The summed E-state index contributed by atoms with van der Waals surface area (Å²) in [4.78, 5) is 17.4. The third kappa shape index (κ3) is 4.41. The molecule has 2 aromatic carbocycles. The van der Waals surface area contributed by atoms with E-state index in [0.29, 0.717) is 22.9 Å². The van der Waals surface area contributed by atoms with E-state index in [4.69, 9.17) is 0 Å². The van der Waals surface area contributed by atoms with Crippen molar-refractivity contribution in [2.45, 2.75) is 46.1 Å². The average molecular weight is 429 g/mol. The lowest BCUT2D eigenvalue weighted by Gasteiger charge is -2.17. The number of anilines is 1. The normalized spacial score (nSPS) is 11.8. The minimum atomic E-state index is -0.957. The lowest BCUT2D eigenvalue weighted by atomic mass is 9.97. The minimum absolute atomic E-state index is 0.263. The molecule has 6 heteroatoms. The predicted molar refractivity (Wildman–Crippen MR) is 127 cm³/mol. The molecule has 0 aliphatic carbocycles. The standard InChI is InChI=1S/C26H28N4O2/c1-16(2)18-6-8-19(9-7-18)22-15-23(27-24-14-17(3)29-30(22)24)28-25(31)20-10-12-21(13-11-20)26(4,5)32/h6-16,32H,1-5H3,(H,27,28,31). The fourth-order valence-electron chi connectivity index (χ4n) is 3.62. The van der Waals surface area contributed by atoms with E-state index in [1.54, 1.807) is 42.6 Å². The van der Waals surface area contributed by atoms with E-state index >= 15 is 0 Å². The van der Waals surface area contributed by atoms with Crippen LogP contribution in [0, 0.1) is 6.92 Å². The van der Waals surface area contributed by atoms with Crippen LogP contribution in [0.15, 0.2) is 60.7 Å². The Labute approximate surface area is 187 Å². The van der Waals surface area contributed by atoms with Gasteiger partial charge in [0.1, 0.15) is 5.82 Å². The molecule has 0 aliphatic heterocycles. The van der Waals surface area contributed by atoms with Gasteiger partial charge < -0.3 is 10.4 Å². The predicted octanol–water partition coefficient (Wildman–Crippen LogP) is 5.31. The number of carbonyl (C=O) groups excluding carboxylic acids is 1. The van der Waals surface area contributed by atoms with Crippen LogP contribution in [0.4, 0.5) is 5.82 Å². The van der Waals surface area contributed by atoms with Crippen LogP contribution in [-0.2, 0) is 5.60 Å². The van der Waals surface area contributed by atoms with Crippen LogP contribution in [0.2, 0.25) is 0 Å². The number of aryl methyl sites for hydroxylation is 1. The van der Waals surface area contributed by atoms with Crippen molar-refractivity contribution in [2.24, 2.45) is 0 Å². The second kappa shape index (κ2) is 8.20. The summed E-state index contributed by atoms with van der Waals surface area (Å²) in [6, 6.07) is 19.0. The zero-order chi connectivity index (χ0) is 23.0. The summed E-state index contributed by atoms with van der Waals surface area (Å²) < 4.78 is 1.80. The van der Waals surface area contributed by atoms with Crippen molar-refractivity contribution < 1.29 is 9.90 Å². The number of hydrogen-bond donors (Lipinski definition) is 2. The molecule has 2 aromatic heterocycles. The van der Waals surface area contributed by atoms with Crippen LogP contribution in [0.5, 0.6) is 0 Å². The summed E-state index contributed by atoms with van der Waals surface area (Å²) in [5, 5.41) is 17.6. The van der Waals surface area contributed by atoms with Crippen molar-refractivity contribution in [2.75, 3.05) is 5.32 Å². The summed E-state index contributed by atoms with van der Waals surface area (Å²) in [5.74, 6) is 0.643. The maximum atomic E-state index is 12.8. The van der Waals surface area contributed by atoms with Gasteiger partial charge in [-0.3, -0.25) is 4.79 Å². The number of carbonyl (C=O) groups is 1. The highest BCUT2D eigenvalue weighted by Crippen LogP contribution is 2.26. The number of hydrogen-bond acceptors (Lipinski definition) is 4. The number of amides is 1. The highest BCUT2D eigenvalue weighted by Gasteiger charge is 2.17. The van der Waals surface area contributed by atoms with Gasteiger partial charge in [0.15, 0.2) is 5.65 Å². The molecule has 32 heavy (non-hydrogen) atoms. The number of aliphatic hydroxyl groups is 1. The molecule has 4 rings (SSSR count). The van der Waals surface area contributed by atoms with Gasteiger partial charge in [-0.1, -0.05) is 50.2 Å². The Morgan fingerprint density at radius 2 is 1.69 bits per heavy atom. The van der Waals surface area contributed by atoms with Gasteiger partial charge in [-0.25, -0.2) is 9.50 Å². The molecule has 0 spiro atoms. The van der Waals surface area contributed by atoms with Crippen LogP contribution >= 0.6 is 0 Å². The van der Waals surface area contributed by atoms with E-state index in [9.17, 15) is 9.90 Å². The van der Waals surface area contributed by atoms with Crippen molar-refractivity contribution in [3.05, 3.63) is 83.0 Å². The quantitative estimate of drug-likeness (QED) is 0.452. The van der Waals surface area contributed by atoms with E-state index in [1.807, 2.05) is 19.1 Å². The molecule has 0 atom stereocenters. The fourth-order valence-corrected chi connectivity index (χ4v) is 3.62. The van der Waals surface area contributed by atoms with Gasteiger partial charge >= 0.3 is 0 Å². The summed E-state index contributed by atoms with van der Waals surface area (Å²) in [6.45, 7) is 9.67. The van der Waals surface area contributed by atoms with Gasteiger partial charge in [-0.15, -0.1) is 0 Å². The van der Waals surface area contributed by atoms with Crippen molar-refractivity contribution in [1.29, 1.82) is 0 Å². The van der Waals surface area contributed by atoms with Gasteiger partial charge in [-0.05, 0) is 49.9 Å². The number of fused-ring (bicyclic) bond motifs is 1. The van der Waals surface area contributed by atoms with Crippen LogP contribution in [-0.4, -0.2) is 25.6 Å². The van der Waals surface area contributed by atoms with E-state index < -0.39 is 5.60 Å². The lowest BCUT2D eigenvalue weighted by Crippen LogP contribution is -2.17. The minimum Gasteiger partial charge on any atom is -0.386 e. The van der Waals surface area contributed by atoms with Crippen LogP contribution in [0.1, 0.15) is 60.8 Å². The molecule has 164 valence electrons. The molecular formula is C26H28N4O2. The van der Waals surface area contributed by atoms with E-state index in [2.05, 4.69) is 53.5 Å². The molecular weight excluding hydrogens is 400 g/mol. The molecule has 2 heterocycles. The Bertz CT molecular complexity index is 1260. The maximum Gasteiger partial charge on any atom is 0.256 e. The molecule has 0 saturated heterocycles. The van der Waals surface area contributed by atoms with Crippen molar-refractivity contribution in [1.82, 2.24) is 14.6 Å². The molecule has 6 nitrogen and oxygen atoms in total. The first-order valence-electron chi connectivity index (χ1n) is 10.7. The molecule has 2 N–H and O–H groups in total. The number of rotatable bonds is 5. The Kier molecular flexibility index (Phi) is 5.57. The smallest absolute Gasteiger partial charge is 0.256 e. The Morgan fingerprint density at radius 3 is 2.28 bits per heavy atom.